The van der Waals surface area contributed by atoms with E-state index in [0.29, 0.717) is 36.8 Å². The molecule has 298 valence electrons. The molecule has 4 aliphatic rings. The highest BCUT2D eigenvalue weighted by Crippen LogP contribution is 2.38. The van der Waals surface area contributed by atoms with Gasteiger partial charge in [-0.2, -0.15) is 0 Å². The zero-order chi connectivity index (χ0) is 38.2. The minimum atomic E-state index is -1.65. The summed E-state index contributed by atoms with van der Waals surface area (Å²) in [6.45, 7) is 6.12. The number of carbonyl (C=O) groups is 1. The molecule has 3 saturated heterocycles. The topological polar surface area (TPSA) is 197 Å². The highest BCUT2D eigenvalue weighted by Gasteiger charge is 2.44. The number of hydrogen-bond acceptors (Lipinski definition) is 15. The van der Waals surface area contributed by atoms with Crippen molar-refractivity contribution >= 4 is 5.97 Å². The van der Waals surface area contributed by atoms with Crippen molar-refractivity contribution in [3.63, 3.8) is 0 Å². The molecule has 53 heavy (non-hydrogen) atoms. The predicted octanol–water partition coefficient (Wildman–Crippen LogP) is 1.56. The molecule has 16 nitrogen and oxygen atoms in total. The first-order chi connectivity index (χ1) is 25.3. The number of esters is 1. The van der Waals surface area contributed by atoms with Gasteiger partial charge in [0.05, 0.1) is 45.1 Å². The Morgan fingerprint density at radius 3 is 2.51 bits per heavy atom. The summed E-state index contributed by atoms with van der Waals surface area (Å²) in [5, 5.41) is 48.2. The average molecular weight is 751 g/mol. The van der Waals surface area contributed by atoms with Gasteiger partial charge in [-0.25, -0.2) is 4.68 Å². The molecule has 1 aromatic rings. The van der Waals surface area contributed by atoms with E-state index < -0.39 is 43.1 Å². The van der Waals surface area contributed by atoms with E-state index in [4.69, 9.17) is 33.2 Å². The third-order valence-electron chi connectivity index (χ3n) is 10.4. The molecule has 4 N–H and O–H groups in total. The Balaban J connectivity index is 1.28. The molecule has 0 spiro atoms. The maximum atomic E-state index is 12.7. The summed E-state index contributed by atoms with van der Waals surface area (Å²) in [6.07, 6.45) is 5.57. The second-order valence-electron chi connectivity index (χ2n) is 14.8. The quantitative estimate of drug-likeness (QED) is 0.265. The largest absolute Gasteiger partial charge is 0.499 e. The molecule has 1 aromatic heterocycles. The van der Waals surface area contributed by atoms with Crippen molar-refractivity contribution in [2.75, 3.05) is 21.2 Å². The van der Waals surface area contributed by atoms with Crippen LogP contribution in [0.2, 0.25) is 0 Å². The van der Waals surface area contributed by atoms with Crippen LogP contribution in [-0.4, -0.2) is 141 Å². The van der Waals surface area contributed by atoms with Gasteiger partial charge in [-0.15, -0.1) is 5.10 Å². The Morgan fingerprint density at radius 1 is 0.981 bits per heavy atom. The monoisotopic (exact) mass is 750 g/mol. The molecular formula is C37H58N4O12. The van der Waals surface area contributed by atoms with Crippen LogP contribution in [0.5, 0.6) is 0 Å². The van der Waals surface area contributed by atoms with Gasteiger partial charge in [0.2, 0.25) is 0 Å². The summed E-state index contributed by atoms with van der Waals surface area (Å²) in [6, 6.07) is 0.327. The van der Waals surface area contributed by atoms with Crippen LogP contribution in [0.25, 0.3) is 0 Å². The van der Waals surface area contributed by atoms with E-state index in [0.717, 1.165) is 12.8 Å². The number of aromatic nitrogens is 3. The summed E-state index contributed by atoms with van der Waals surface area (Å²) in [4.78, 5) is 14.9. The Labute approximate surface area is 311 Å². The molecule has 0 radical (unpaired) electrons. The first kappa shape index (κ1) is 41.4. The summed E-state index contributed by atoms with van der Waals surface area (Å²) < 4.78 is 43.7. The SMILES string of the molecule is CO/C1=C\CC(=O)O[C@H](C)C/C=C/C=C/[C@H](O[C@H]2CC[C@H](N(C)C)[C@@H](C)O2)[C@H](C)C[C@@H]2C[C@H](OCc3cn(C[C@@H]4O[C@H](O)[C@@H](O)[C@H](O)[C@H]4O)nn3)O[C@@H]12. The number of hydrogen-bond donors (Lipinski definition) is 4. The van der Waals surface area contributed by atoms with E-state index >= 15 is 0 Å². The van der Waals surface area contributed by atoms with Crippen LogP contribution >= 0.6 is 0 Å². The molecule has 3 fully saturated rings. The fraction of sp³-hybridized carbons (Fsp3) is 0.757. The Hall–Kier alpha value is -2.77. The van der Waals surface area contributed by atoms with Crippen LogP contribution in [0, 0.1) is 11.8 Å². The first-order valence-corrected chi connectivity index (χ1v) is 18.6. The van der Waals surface area contributed by atoms with Crippen molar-refractivity contribution in [3.05, 3.63) is 48.0 Å². The van der Waals surface area contributed by atoms with Gasteiger partial charge >= 0.3 is 5.97 Å². The number of carbonyl (C=O) groups excluding carboxylic acids is 1. The van der Waals surface area contributed by atoms with E-state index in [9.17, 15) is 25.2 Å². The lowest BCUT2D eigenvalue weighted by molar-refractivity contribution is -0.284. The molecule has 0 aliphatic carbocycles. The Morgan fingerprint density at radius 2 is 1.77 bits per heavy atom. The Bertz CT molecular complexity index is 1410. The lowest BCUT2D eigenvalue weighted by atomic mass is 9.86. The van der Waals surface area contributed by atoms with Gasteiger partial charge in [0, 0.05) is 18.9 Å². The normalized spacial score (nSPS) is 41.3. The third kappa shape index (κ3) is 11.2. The average Bonchev–Trinajstić information content (AvgIpc) is 3.74. The molecule has 0 aromatic carbocycles. The van der Waals surface area contributed by atoms with E-state index in [1.807, 2.05) is 25.2 Å². The number of aliphatic hydroxyl groups is 4. The molecule has 0 amide bonds. The van der Waals surface area contributed by atoms with Crippen LogP contribution in [0.15, 0.2) is 42.3 Å². The molecule has 0 unspecified atom stereocenters. The van der Waals surface area contributed by atoms with Crippen molar-refractivity contribution in [1.29, 1.82) is 0 Å². The number of rotatable bonds is 9. The maximum absolute atomic E-state index is 12.7. The molecule has 0 saturated carbocycles. The number of methoxy groups -OCH3 is 1. The highest BCUT2D eigenvalue weighted by atomic mass is 16.7. The molecule has 0 bridgehead atoms. The second-order valence-corrected chi connectivity index (χ2v) is 14.8. The van der Waals surface area contributed by atoms with E-state index in [2.05, 4.69) is 49.2 Å². The number of nitrogens with zero attached hydrogens (tertiary/aromatic N) is 4. The van der Waals surface area contributed by atoms with Crippen LogP contribution < -0.4 is 0 Å². The third-order valence-corrected chi connectivity index (χ3v) is 10.4. The van der Waals surface area contributed by atoms with Crippen LogP contribution in [0.3, 0.4) is 0 Å². The smallest absolute Gasteiger partial charge is 0.310 e. The van der Waals surface area contributed by atoms with Gasteiger partial charge in [-0.3, -0.25) is 4.79 Å². The summed E-state index contributed by atoms with van der Waals surface area (Å²) in [5.41, 5.74) is 0.475. The summed E-state index contributed by atoms with van der Waals surface area (Å²) >= 11 is 0. The number of ether oxygens (including phenoxy) is 7. The molecule has 5 rings (SSSR count). The van der Waals surface area contributed by atoms with Crippen molar-refractivity contribution in [2.24, 2.45) is 11.8 Å². The molecule has 14 atom stereocenters. The van der Waals surface area contributed by atoms with E-state index in [1.165, 1.54) is 4.68 Å². The fourth-order valence-corrected chi connectivity index (χ4v) is 7.48. The second kappa shape index (κ2) is 19.2. The van der Waals surface area contributed by atoms with Crippen LogP contribution in [-0.2, 0) is 51.1 Å². The zero-order valence-electron chi connectivity index (χ0n) is 31.5. The first-order valence-electron chi connectivity index (χ1n) is 18.6. The van der Waals surface area contributed by atoms with Crippen LogP contribution in [0.1, 0.15) is 65.0 Å². The van der Waals surface area contributed by atoms with E-state index in [1.54, 1.807) is 19.4 Å². The highest BCUT2D eigenvalue weighted by molar-refractivity contribution is 5.71. The van der Waals surface area contributed by atoms with Crippen molar-refractivity contribution in [3.8, 4) is 0 Å². The summed E-state index contributed by atoms with van der Waals surface area (Å²) in [5.74, 6) is 0.144. The number of allylic oxidation sites excluding steroid dienone is 2. The standard InChI is InChI=1S/C37H58N4O12/c1-21-16-24-17-32(48-20-25-18-41(39-38-25)19-29-33(43)34(44)35(45)37(46)52-29)53-36(24)28(47-6)13-14-30(42)49-22(2)10-8-7-9-11-27(21)51-31-15-12-26(40(4)5)23(3)50-31/h7-9,11,13,18,21-24,26-27,29,31-37,43-46H,10,12,14-17,19-20H2,1-6H3/b8-7+,11-9+,28-13-/t21-,22-,23-,24-,26+,27+,29+,31+,32-,33+,34-,35+,36-,37+/m1/s1. The molecular weight excluding hydrogens is 692 g/mol. The van der Waals surface area contributed by atoms with Gasteiger partial charge in [-0.05, 0) is 65.1 Å². The minimum Gasteiger partial charge on any atom is -0.499 e. The maximum Gasteiger partial charge on any atom is 0.310 e. The van der Waals surface area contributed by atoms with Crippen LogP contribution in [0.4, 0.5) is 0 Å². The summed E-state index contributed by atoms with van der Waals surface area (Å²) in [7, 11) is 5.70. The fourth-order valence-electron chi connectivity index (χ4n) is 7.48. The van der Waals surface area contributed by atoms with Gasteiger partial charge in [-0.1, -0.05) is 36.4 Å². The van der Waals surface area contributed by atoms with Gasteiger partial charge in [0.15, 0.2) is 18.9 Å². The number of aliphatic hydroxyl groups excluding tert-OH is 4. The van der Waals surface area contributed by atoms with Crippen molar-refractivity contribution < 1.29 is 58.4 Å². The number of fused-ring (bicyclic) bond motifs is 1. The minimum absolute atomic E-state index is 0.0250. The van der Waals surface area contributed by atoms with Gasteiger partial charge < -0.3 is 58.5 Å². The van der Waals surface area contributed by atoms with Gasteiger partial charge in [0.1, 0.15) is 48.1 Å². The predicted molar refractivity (Wildman–Crippen MR) is 188 cm³/mol. The van der Waals surface area contributed by atoms with Gasteiger partial charge in [0.25, 0.3) is 0 Å². The molecule has 16 heteroatoms. The lowest BCUT2D eigenvalue weighted by Crippen LogP contribution is -2.58. The zero-order valence-corrected chi connectivity index (χ0v) is 31.5. The van der Waals surface area contributed by atoms with E-state index in [-0.39, 0.29) is 62.0 Å². The molecule has 5 heterocycles. The van der Waals surface area contributed by atoms with Crippen molar-refractivity contribution in [1.82, 2.24) is 19.9 Å². The Kier molecular flexibility index (Phi) is 15.0. The number of likely N-dealkylation sites (N-methyl/N-ethyl adjacent to an activating group) is 1. The number of cyclic esters (lactones) is 1. The lowest BCUT2D eigenvalue weighted by Gasteiger charge is -2.39. The van der Waals surface area contributed by atoms with Crippen molar-refractivity contribution in [2.45, 2.75) is 146 Å². The molecule has 4 aliphatic heterocycles.